The van der Waals surface area contributed by atoms with Gasteiger partial charge in [-0.3, -0.25) is 24.1 Å². The Morgan fingerprint density at radius 1 is 0.913 bits per heavy atom. The van der Waals surface area contributed by atoms with Crippen LogP contribution in [0.5, 0.6) is 11.5 Å². The molecule has 1 aliphatic rings. The average molecular weight is 659 g/mol. The van der Waals surface area contributed by atoms with Crippen LogP contribution in [0, 0.1) is 0 Å². The molecule has 0 bridgehead atoms. The number of hydrogen-bond acceptors (Lipinski definition) is 9. The number of nitrogens with zero attached hydrogens (tertiary/aromatic N) is 1. The summed E-state index contributed by atoms with van der Waals surface area (Å²) in [5.74, 6) is -1.54. The van der Waals surface area contributed by atoms with Crippen molar-refractivity contribution in [3.8, 4) is 11.5 Å². The van der Waals surface area contributed by atoms with Gasteiger partial charge in [-0.25, -0.2) is 8.42 Å². The number of amides is 3. The maximum Gasteiger partial charge on any atom is 0.306 e. The van der Waals surface area contributed by atoms with Crippen LogP contribution < -0.4 is 14.8 Å². The summed E-state index contributed by atoms with van der Waals surface area (Å²) < 4.78 is 41.3. The van der Waals surface area contributed by atoms with Gasteiger partial charge in [0.25, 0.3) is 11.8 Å². The van der Waals surface area contributed by atoms with Gasteiger partial charge in [0.05, 0.1) is 42.3 Å². The molecule has 1 heterocycles. The number of benzene rings is 2. The fourth-order valence-electron chi connectivity index (χ4n) is 5.33. The normalized spacial score (nSPS) is 13.7. The highest BCUT2D eigenvalue weighted by atomic mass is 32.2. The van der Waals surface area contributed by atoms with Crippen LogP contribution in [0.25, 0.3) is 0 Å². The molecule has 0 saturated carbocycles. The molecule has 0 aromatic heterocycles. The molecule has 3 amide bonds. The minimum atomic E-state index is -3.65. The summed E-state index contributed by atoms with van der Waals surface area (Å²) in [6.07, 6.45) is 6.66. The molecule has 2 aromatic carbocycles. The van der Waals surface area contributed by atoms with Crippen molar-refractivity contribution in [2.24, 2.45) is 0 Å². The van der Waals surface area contributed by atoms with Gasteiger partial charge in [0.1, 0.15) is 15.4 Å². The van der Waals surface area contributed by atoms with Crippen LogP contribution in [0.3, 0.4) is 0 Å². The molecule has 11 nitrogen and oxygen atoms in total. The second-order valence-corrected chi connectivity index (χ2v) is 14.6. The van der Waals surface area contributed by atoms with Crippen molar-refractivity contribution in [1.82, 2.24) is 4.90 Å². The van der Waals surface area contributed by atoms with Gasteiger partial charge < -0.3 is 19.5 Å². The molecule has 3 rings (SSSR count). The van der Waals surface area contributed by atoms with E-state index in [2.05, 4.69) is 5.32 Å². The van der Waals surface area contributed by atoms with E-state index in [9.17, 15) is 27.6 Å². The van der Waals surface area contributed by atoms with Crippen LogP contribution in [0.2, 0.25) is 0 Å². The number of sulfone groups is 1. The molecule has 0 spiro atoms. The number of esters is 1. The fourth-order valence-corrected chi connectivity index (χ4v) is 6.25. The van der Waals surface area contributed by atoms with Crippen LogP contribution in [0.1, 0.15) is 111 Å². The summed E-state index contributed by atoms with van der Waals surface area (Å²) in [7, 11) is -2.18. The molecule has 0 saturated heterocycles. The molecule has 1 aliphatic heterocycles. The zero-order chi connectivity index (χ0) is 34.1. The smallest absolute Gasteiger partial charge is 0.306 e. The van der Waals surface area contributed by atoms with Gasteiger partial charge in [0.15, 0.2) is 11.5 Å². The maximum atomic E-state index is 13.8. The van der Waals surface area contributed by atoms with Crippen molar-refractivity contribution < 1.29 is 41.8 Å². The highest BCUT2D eigenvalue weighted by molar-refractivity contribution is 7.90. The minimum Gasteiger partial charge on any atom is -0.493 e. The lowest BCUT2D eigenvalue weighted by Crippen LogP contribution is -2.37. The van der Waals surface area contributed by atoms with Crippen molar-refractivity contribution in [2.75, 3.05) is 31.0 Å². The molecular weight excluding hydrogens is 612 g/mol. The number of hydrogen-bond donors (Lipinski definition) is 1. The monoisotopic (exact) mass is 658 g/mol. The van der Waals surface area contributed by atoms with Crippen LogP contribution >= 0.6 is 0 Å². The number of unbranched alkanes of at least 4 members (excludes halogenated alkanes) is 5. The van der Waals surface area contributed by atoms with E-state index in [0.717, 1.165) is 43.3 Å². The predicted molar refractivity (Wildman–Crippen MR) is 175 cm³/mol. The number of methoxy groups -OCH3 is 1. The molecule has 0 aliphatic carbocycles. The average Bonchev–Trinajstić information content (AvgIpc) is 3.22. The highest BCUT2D eigenvalue weighted by Crippen LogP contribution is 2.38. The van der Waals surface area contributed by atoms with Crippen molar-refractivity contribution in [3.63, 3.8) is 0 Å². The number of imide groups is 1. The van der Waals surface area contributed by atoms with Gasteiger partial charge in [-0.1, -0.05) is 37.8 Å². The standard InChI is InChI=1S/C34H46N2O9S/c1-7-44-28-21-23(19-20-27(28)43-5)26(22-46(6,41)42)36-32(39)24-15-14-16-25(31(24)33(36)40)35-29(37)17-12-10-8-9-11-13-18-30(38)45-34(2,3)4/h14-16,19-21,26H,7-13,17-18,22H2,1-6H3,(H,35,37). The van der Waals surface area contributed by atoms with Crippen molar-refractivity contribution in [1.29, 1.82) is 0 Å². The van der Waals surface area contributed by atoms with Crippen LogP contribution in [0.4, 0.5) is 5.69 Å². The van der Waals surface area contributed by atoms with E-state index in [-0.39, 0.29) is 35.1 Å². The van der Waals surface area contributed by atoms with Gasteiger partial charge in [0.2, 0.25) is 5.91 Å². The van der Waals surface area contributed by atoms with Gasteiger partial charge in [-0.2, -0.15) is 0 Å². The van der Waals surface area contributed by atoms with E-state index < -0.39 is 39.0 Å². The Morgan fingerprint density at radius 3 is 2.17 bits per heavy atom. The first-order chi connectivity index (χ1) is 21.6. The third-order valence-electron chi connectivity index (χ3n) is 7.32. The Bertz CT molecular complexity index is 1530. The van der Waals surface area contributed by atoms with E-state index in [4.69, 9.17) is 14.2 Å². The number of carbonyl (C=O) groups is 4. The van der Waals surface area contributed by atoms with E-state index in [0.29, 0.717) is 36.5 Å². The van der Waals surface area contributed by atoms with Crippen molar-refractivity contribution in [3.05, 3.63) is 53.1 Å². The summed E-state index contributed by atoms with van der Waals surface area (Å²) >= 11 is 0. The van der Waals surface area contributed by atoms with Crippen molar-refractivity contribution in [2.45, 2.75) is 90.7 Å². The number of nitrogens with one attached hydrogen (secondary N) is 1. The largest absolute Gasteiger partial charge is 0.493 e. The maximum absolute atomic E-state index is 13.8. The molecule has 252 valence electrons. The summed E-state index contributed by atoms with van der Waals surface area (Å²) in [6, 6.07) is 8.26. The fraction of sp³-hybridized carbons (Fsp3) is 0.529. The molecule has 0 radical (unpaired) electrons. The Balaban J connectivity index is 1.64. The van der Waals surface area contributed by atoms with Gasteiger partial charge >= 0.3 is 5.97 Å². The molecule has 1 atom stereocenters. The second-order valence-electron chi connectivity index (χ2n) is 12.4. The van der Waals surface area contributed by atoms with Crippen LogP contribution in [-0.2, 0) is 24.2 Å². The van der Waals surface area contributed by atoms with E-state index in [1.807, 2.05) is 20.8 Å². The quantitative estimate of drug-likeness (QED) is 0.125. The molecule has 12 heteroatoms. The Hall–Kier alpha value is -3.93. The Kier molecular flexibility index (Phi) is 12.8. The topological polar surface area (TPSA) is 145 Å². The predicted octanol–water partition coefficient (Wildman–Crippen LogP) is 5.88. The number of rotatable bonds is 17. The molecule has 2 aromatic rings. The lowest BCUT2D eigenvalue weighted by atomic mass is 10.1. The SMILES string of the molecule is CCOc1cc(C(CS(C)(=O)=O)N2C(=O)c3cccc(NC(=O)CCCCCCCCC(=O)OC(C)(C)C)c3C2=O)ccc1OC. The van der Waals surface area contributed by atoms with E-state index >= 15 is 0 Å². The molecule has 46 heavy (non-hydrogen) atoms. The van der Waals surface area contributed by atoms with E-state index in [1.165, 1.54) is 13.2 Å². The molecule has 1 unspecified atom stereocenters. The number of ether oxygens (including phenoxy) is 3. The third kappa shape index (κ3) is 10.3. The highest BCUT2D eigenvalue weighted by Gasteiger charge is 2.43. The Labute approximate surface area is 271 Å². The van der Waals surface area contributed by atoms with E-state index in [1.54, 1.807) is 37.3 Å². The number of fused-ring (bicyclic) bond motifs is 1. The molecule has 0 fully saturated rings. The third-order valence-corrected chi connectivity index (χ3v) is 8.24. The summed E-state index contributed by atoms with van der Waals surface area (Å²) in [6.45, 7) is 7.65. The molecule has 1 N–H and O–H groups in total. The lowest BCUT2D eigenvalue weighted by molar-refractivity contribution is -0.154. The van der Waals surface area contributed by atoms with Crippen LogP contribution in [0.15, 0.2) is 36.4 Å². The first-order valence-electron chi connectivity index (χ1n) is 15.7. The first-order valence-corrected chi connectivity index (χ1v) is 17.7. The first kappa shape index (κ1) is 36.5. The zero-order valence-corrected chi connectivity index (χ0v) is 28.5. The Morgan fingerprint density at radius 2 is 1.57 bits per heavy atom. The zero-order valence-electron chi connectivity index (χ0n) is 27.6. The summed E-state index contributed by atoms with van der Waals surface area (Å²) in [5, 5.41) is 2.78. The molecular formula is C34H46N2O9S. The summed E-state index contributed by atoms with van der Waals surface area (Å²) in [4.78, 5) is 53.0. The van der Waals surface area contributed by atoms with Gasteiger partial charge in [0, 0.05) is 19.1 Å². The lowest BCUT2D eigenvalue weighted by Gasteiger charge is -2.27. The number of anilines is 1. The summed E-state index contributed by atoms with van der Waals surface area (Å²) in [5.41, 5.74) is 0.230. The van der Waals surface area contributed by atoms with Gasteiger partial charge in [-0.15, -0.1) is 0 Å². The second kappa shape index (κ2) is 16.1. The number of carbonyl (C=O) groups excluding carboxylic acids is 4. The van der Waals surface area contributed by atoms with Crippen LogP contribution in [-0.4, -0.2) is 68.3 Å². The van der Waals surface area contributed by atoms with Gasteiger partial charge in [-0.05, 0) is 70.4 Å². The minimum absolute atomic E-state index is 0.0304. The van der Waals surface area contributed by atoms with Crippen molar-refractivity contribution >= 4 is 39.2 Å².